The first-order chi connectivity index (χ1) is 8.99. The van der Waals surface area contributed by atoms with Gasteiger partial charge in [0.1, 0.15) is 11.6 Å². The van der Waals surface area contributed by atoms with Crippen molar-refractivity contribution < 1.29 is 13.5 Å². The molecule has 106 valence electrons. The van der Waals surface area contributed by atoms with Crippen LogP contribution in [0.15, 0.2) is 12.1 Å². The molecular formula is C13H18F2N2OS. The van der Waals surface area contributed by atoms with E-state index in [1.807, 2.05) is 13.8 Å². The van der Waals surface area contributed by atoms with Gasteiger partial charge in [-0.1, -0.05) is 26.1 Å². The van der Waals surface area contributed by atoms with Crippen LogP contribution in [0.2, 0.25) is 0 Å². The molecule has 0 unspecified atom stereocenters. The quantitative estimate of drug-likeness (QED) is 0.782. The lowest BCUT2D eigenvalue weighted by Crippen LogP contribution is -2.28. The highest BCUT2D eigenvalue weighted by atomic mass is 32.1. The number of thiocarbonyl (C=S) groups is 1. The van der Waals surface area contributed by atoms with E-state index in [2.05, 4.69) is 17.1 Å². The Labute approximate surface area is 117 Å². The van der Waals surface area contributed by atoms with E-state index in [9.17, 15) is 8.78 Å². The number of nitrogens with two attached hydrogens (primary N) is 1. The van der Waals surface area contributed by atoms with Crippen molar-refractivity contribution in [1.82, 2.24) is 4.90 Å². The van der Waals surface area contributed by atoms with Crippen molar-refractivity contribution >= 4 is 17.2 Å². The molecule has 1 aromatic rings. The maximum absolute atomic E-state index is 13.7. The highest BCUT2D eigenvalue weighted by Gasteiger charge is 2.14. The monoisotopic (exact) mass is 288 g/mol. The third-order valence-electron chi connectivity index (χ3n) is 2.83. The fourth-order valence-electron chi connectivity index (χ4n) is 1.66. The van der Waals surface area contributed by atoms with Crippen molar-refractivity contribution in [1.29, 1.82) is 0 Å². The van der Waals surface area contributed by atoms with E-state index >= 15 is 0 Å². The lowest BCUT2D eigenvalue weighted by Gasteiger charge is -2.18. The Kier molecular flexibility index (Phi) is 6.11. The Bertz CT molecular complexity index is 427. The van der Waals surface area contributed by atoms with Gasteiger partial charge in [0.25, 0.3) is 0 Å². The Balaban J connectivity index is 2.71. The fourth-order valence-corrected chi connectivity index (χ4v) is 1.77. The Morgan fingerprint density at radius 1 is 1.26 bits per heavy atom. The molecule has 0 aliphatic carbocycles. The van der Waals surface area contributed by atoms with Crippen LogP contribution in [0, 0.1) is 11.6 Å². The molecule has 1 aromatic carbocycles. The normalized spacial score (nSPS) is 10.8. The molecule has 0 radical (unpaired) electrons. The molecule has 0 fully saturated rings. The molecule has 0 aliphatic heterocycles. The summed E-state index contributed by atoms with van der Waals surface area (Å²) in [4.78, 5) is 2.05. The maximum atomic E-state index is 13.7. The number of ether oxygens (including phenoxy) is 1. The van der Waals surface area contributed by atoms with Crippen LogP contribution in [0.25, 0.3) is 0 Å². The molecule has 0 amide bonds. The van der Waals surface area contributed by atoms with Crippen LogP contribution in [0.3, 0.4) is 0 Å². The van der Waals surface area contributed by atoms with Crippen molar-refractivity contribution in [2.24, 2.45) is 5.73 Å². The predicted octanol–water partition coefficient (Wildman–Crippen LogP) is 2.32. The van der Waals surface area contributed by atoms with Gasteiger partial charge in [-0.05, 0) is 25.2 Å². The van der Waals surface area contributed by atoms with E-state index < -0.39 is 11.6 Å². The Morgan fingerprint density at radius 3 is 2.21 bits per heavy atom. The fraction of sp³-hybridized carbons (Fsp3) is 0.462. The van der Waals surface area contributed by atoms with Gasteiger partial charge in [-0.25, -0.2) is 8.78 Å². The van der Waals surface area contributed by atoms with Crippen LogP contribution < -0.4 is 10.5 Å². The van der Waals surface area contributed by atoms with Crippen molar-refractivity contribution in [2.75, 3.05) is 26.2 Å². The van der Waals surface area contributed by atoms with Gasteiger partial charge in [0, 0.05) is 12.1 Å². The number of benzene rings is 1. The minimum absolute atomic E-state index is 0.0486. The summed E-state index contributed by atoms with van der Waals surface area (Å²) >= 11 is 4.67. The van der Waals surface area contributed by atoms with Gasteiger partial charge in [-0.2, -0.15) is 0 Å². The molecule has 0 saturated heterocycles. The molecule has 0 atom stereocenters. The minimum atomic E-state index is -0.789. The third-order valence-corrected chi connectivity index (χ3v) is 3.07. The summed E-state index contributed by atoms with van der Waals surface area (Å²) in [5.74, 6) is -1.96. The lowest BCUT2D eigenvalue weighted by molar-refractivity contribution is 0.211. The van der Waals surface area contributed by atoms with E-state index in [4.69, 9.17) is 10.5 Å². The predicted molar refractivity (Wildman–Crippen MR) is 75.5 cm³/mol. The largest absolute Gasteiger partial charge is 0.486 e. The zero-order chi connectivity index (χ0) is 14.4. The van der Waals surface area contributed by atoms with Crippen LogP contribution in [0.1, 0.15) is 19.4 Å². The highest BCUT2D eigenvalue weighted by Crippen LogP contribution is 2.23. The van der Waals surface area contributed by atoms with Gasteiger partial charge < -0.3 is 15.4 Å². The molecule has 3 nitrogen and oxygen atoms in total. The Morgan fingerprint density at radius 2 is 1.79 bits per heavy atom. The molecule has 1 rings (SSSR count). The summed E-state index contributed by atoms with van der Waals surface area (Å²) in [6.45, 7) is 6.60. The standard InChI is InChI=1S/C13H18F2N2OS/c1-3-17(4-2)5-6-18-12-10(14)7-9(13(16)19)8-11(12)15/h7-8H,3-6H2,1-2H3,(H2,16,19). The van der Waals surface area contributed by atoms with Gasteiger partial charge >= 0.3 is 0 Å². The number of halogens is 2. The molecule has 0 saturated carbocycles. The van der Waals surface area contributed by atoms with Gasteiger partial charge in [0.15, 0.2) is 17.4 Å². The summed E-state index contributed by atoms with van der Waals surface area (Å²) in [6, 6.07) is 2.16. The second-order valence-electron chi connectivity index (χ2n) is 4.01. The van der Waals surface area contributed by atoms with Crippen LogP contribution >= 0.6 is 12.2 Å². The number of hydrogen-bond donors (Lipinski definition) is 1. The van der Waals surface area contributed by atoms with Gasteiger partial charge in [0.2, 0.25) is 0 Å². The Hall–Kier alpha value is -1.27. The number of rotatable bonds is 7. The molecular weight excluding hydrogens is 270 g/mol. The average Bonchev–Trinajstić information content (AvgIpc) is 2.37. The van der Waals surface area contributed by atoms with Crippen molar-refractivity contribution in [3.05, 3.63) is 29.3 Å². The van der Waals surface area contributed by atoms with Crippen LogP contribution in [0.4, 0.5) is 8.78 Å². The highest BCUT2D eigenvalue weighted by molar-refractivity contribution is 7.80. The number of likely N-dealkylation sites (N-methyl/N-ethyl adjacent to an activating group) is 1. The first kappa shape index (κ1) is 15.8. The summed E-state index contributed by atoms with van der Waals surface area (Å²) in [7, 11) is 0. The molecule has 19 heavy (non-hydrogen) atoms. The second kappa shape index (κ2) is 7.35. The topological polar surface area (TPSA) is 38.5 Å². The average molecular weight is 288 g/mol. The lowest BCUT2D eigenvalue weighted by atomic mass is 10.2. The molecule has 6 heteroatoms. The zero-order valence-corrected chi connectivity index (χ0v) is 11.9. The van der Waals surface area contributed by atoms with E-state index in [1.165, 1.54) is 0 Å². The third kappa shape index (κ3) is 4.40. The smallest absolute Gasteiger partial charge is 0.190 e. The van der Waals surface area contributed by atoms with Gasteiger partial charge in [-0.15, -0.1) is 0 Å². The molecule has 2 N–H and O–H groups in total. The van der Waals surface area contributed by atoms with E-state index in [-0.39, 0.29) is 22.9 Å². The summed E-state index contributed by atoms with van der Waals surface area (Å²) in [5.41, 5.74) is 5.48. The first-order valence-electron chi connectivity index (χ1n) is 6.13. The molecule has 0 heterocycles. The minimum Gasteiger partial charge on any atom is -0.486 e. The van der Waals surface area contributed by atoms with E-state index in [0.29, 0.717) is 6.54 Å². The van der Waals surface area contributed by atoms with Crippen molar-refractivity contribution in [3.63, 3.8) is 0 Å². The summed E-state index contributed by atoms with van der Waals surface area (Å²) < 4.78 is 32.5. The van der Waals surface area contributed by atoms with E-state index in [0.717, 1.165) is 25.2 Å². The molecule has 0 bridgehead atoms. The van der Waals surface area contributed by atoms with Crippen LogP contribution in [-0.4, -0.2) is 36.1 Å². The molecule has 0 aliphatic rings. The number of nitrogens with zero attached hydrogens (tertiary/aromatic N) is 1. The van der Waals surface area contributed by atoms with Crippen molar-refractivity contribution in [2.45, 2.75) is 13.8 Å². The SMILES string of the molecule is CCN(CC)CCOc1c(F)cc(C(N)=S)cc1F. The van der Waals surface area contributed by atoms with Crippen LogP contribution in [0.5, 0.6) is 5.75 Å². The van der Waals surface area contributed by atoms with Gasteiger partial charge in [-0.3, -0.25) is 0 Å². The zero-order valence-electron chi connectivity index (χ0n) is 11.1. The molecule has 0 spiro atoms. The second-order valence-corrected chi connectivity index (χ2v) is 4.45. The first-order valence-corrected chi connectivity index (χ1v) is 6.54. The summed E-state index contributed by atoms with van der Waals surface area (Å²) in [6.07, 6.45) is 0. The summed E-state index contributed by atoms with van der Waals surface area (Å²) in [5, 5.41) is 0. The maximum Gasteiger partial charge on any atom is 0.190 e. The number of hydrogen-bond acceptors (Lipinski definition) is 3. The van der Waals surface area contributed by atoms with Crippen LogP contribution in [-0.2, 0) is 0 Å². The molecule has 0 aromatic heterocycles. The van der Waals surface area contributed by atoms with Crippen molar-refractivity contribution in [3.8, 4) is 5.75 Å². The van der Waals surface area contributed by atoms with E-state index in [1.54, 1.807) is 0 Å². The van der Waals surface area contributed by atoms with Gasteiger partial charge in [0.05, 0.1) is 0 Å².